The number of aryl methyl sites for hydroxylation is 1. The van der Waals surface area contributed by atoms with Crippen molar-refractivity contribution in [1.82, 2.24) is 9.97 Å². The lowest BCUT2D eigenvalue weighted by Crippen LogP contribution is -2.20. The highest BCUT2D eigenvalue weighted by Gasteiger charge is 2.09. The van der Waals surface area contributed by atoms with E-state index in [1.165, 1.54) is 12.1 Å². The molecule has 6 nitrogen and oxygen atoms in total. The van der Waals surface area contributed by atoms with E-state index in [0.717, 1.165) is 5.75 Å². The van der Waals surface area contributed by atoms with Crippen LogP contribution in [0.15, 0.2) is 54.6 Å². The van der Waals surface area contributed by atoms with Gasteiger partial charge in [0.2, 0.25) is 5.88 Å². The highest BCUT2D eigenvalue weighted by molar-refractivity contribution is 5.91. The first-order valence-electron chi connectivity index (χ1n) is 8.80. The lowest BCUT2D eigenvalue weighted by atomic mass is 10.2. The lowest BCUT2D eigenvalue weighted by molar-refractivity contribution is -0.118. The van der Waals surface area contributed by atoms with Gasteiger partial charge in [-0.05, 0) is 62.4 Å². The molecule has 0 radical (unpaired) electrons. The molecule has 0 bridgehead atoms. The molecule has 3 aromatic rings. The second-order valence-electron chi connectivity index (χ2n) is 5.97. The molecule has 1 amide bonds. The predicted molar refractivity (Wildman–Crippen MR) is 104 cm³/mol. The van der Waals surface area contributed by atoms with Crippen molar-refractivity contribution in [2.75, 3.05) is 18.5 Å². The number of nitrogens with zero attached hydrogens (tertiary/aromatic N) is 2. The van der Waals surface area contributed by atoms with E-state index < -0.39 is 0 Å². The molecule has 3 rings (SSSR count). The van der Waals surface area contributed by atoms with Crippen LogP contribution in [0.3, 0.4) is 0 Å². The maximum Gasteiger partial charge on any atom is 0.262 e. The number of benzene rings is 2. The highest BCUT2D eigenvalue weighted by atomic mass is 19.1. The molecule has 0 saturated carbocycles. The first-order chi connectivity index (χ1) is 13.5. The summed E-state index contributed by atoms with van der Waals surface area (Å²) >= 11 is 0. The topological polar surface area (TPSA) is 73.3 Å². The SMILES string of the molecule is CCOc1ccc(NC(=O)COc2cc(C)nc(-c3ccc(F)cc3)n2)cc1. The summed E-state index contributed by atoms with van der Waals surface area (Å²) in [4.78, 5) is 20.7. The van der Waals surface area contributed by atoms with Crippen LogP contribution >= 0.6 is 0 Å². The molecule has 0 spiro atoms. The molecule has 0 unspecified atom stereocenters. The molecule has 1 N–H and O–H groups in total. The van der Waals surface area contributed by atoms with Crippen LogP contribution in [0.5, 0.6) is 11.6 Å². The molecule has 144 valence electrons. The van der Waals surface area contributed by atoms with Crippen molar-refractivity contribution in [2.24, 2.45) is 0 Å². The van der Waals surface area contributed by atoms with E-state index in [4.69, 9.17) is 9.47 Å². The second kappa shape index (κ2) is 8.94. The molecular formula is C21H20FN3O3. The van der Waals surface area contributed by atoms with Crippen molar-refractivity contribution in [3.8, 4) is 23.0 Å². The van der Waals surface area contributed by atoms with Crippen molar-refractivity contribution in [1.29, 1.82) is 0 Å². The van der Waals surface area contributed by atoms with Gasteiger partial charge in [-0.3, -0.25) is 4.79 Å². The minimum atomic E-state index is -0.334. The predicted octanol–water partition coefficient (Wildman–Crippen LogP) is 4.01. The van der Waals surface area contributed by atoms with Crippen molar-refractivity contribution in [3.63, 3.8) is 0 Å². The van der Waals surface area contributed by atoms with Crippen LogP contribution < -0.4 is 14.8 Å². The summed E-state index contributed by atoms with van der Waals surface area (Å²) in [5.41, 5.74) is 1.98. The molecule has 28 heavy (non-hydrogen) atoms. The Balaban J connectivity index is 1.62. The number of ether oxygens (including phenoxy) is 2. The van der Waals surface area contributed by atoms with Crippen LogP contribution in [0.1, 0.15) is 12.6 Å². The Morgan fingerprint density at radius 2 is 1.75 bits per heavy atom. The summed E-state index contributed by atoms with van der Waals surface area (Å²) in [5, 5.41) is 2.74. The molecule has 0 atom stereocenters. The molecule has 1 aromatic heterocycles. The Morgan fingerprint density at radius 1 is 1.04 bits per heavy atom. The Bertz CT molecular complexity index is 944. The van der Waals surface area contributed by atoms with Gasteiger partial charge in [-0.15, -0.1) is 0 Å². The van der Waals surface area contributed by atoms with Crippen molar-refractivity contribution < 1.29 is 18.7 Å². The van der Waals surface area contributed by atoms with Crippen LogP contribution in [0.4, 0.5) is 10.1 Å². The van der Waals surface area contributed by atoms with Crippen LogP contribution in [-0.4, -0.2) is 29.1 Å². The van der Waals surface area contributed by atoms with E-state index in [2.05, 4.69) is 15.3 Å². The third-order valence-corrected chi connectivity index (χ3v) is 3.73. The maximum atomic E-state index is 13.1. The number of nitrogens with one attached hydrogen (secondary N) is 1. The average molecular weight is 381 g/mol. The standard InChI is InChI=1S/C21H20FN3O3/c1-3-27-18-10-8-17(9-11-18)24-19(26)13-28-20-12-14(2)23-21(25-20)15-4-6-16(22)7-5-15/h4-12H,3,13H2,1-2H3,(H,24,26). The summed E-state index contributed by atoms with van der Waals surface area (Å²) in [6.07, 6.45) is 0. The molecule has 1 heterocycles. The number of amides is 1. The number of carbonyl (C=O) groups is 1. The third-order valence-electron chi connectivity index (χ3n) is 3.73. The zero-order valence-electron chi connectivity index (χ0n) is 15.6. The fraction of sp³-hybridized carbons (Fsp3) is 0.190. The molecule has 0 fully saturated rings. The Morgan fingerprint density at radius 3 is 2.43 bits per heavy atom. The van der Waals surface area contributed by atoms with Crippen molar-refractivity contribution in [3.05, 3.63) is 66.1 Å². The van der Waals surface area contributed by atoms with Crippen LogP contribution in [-0.2, 0) is 4.79 Å². The quantitative estimate of drug-likeness (QED) is 0.669. The summed E-state index contributed by atoms with van der Waals surface area (Å²) < 4.78 is 24.0. The smallest absolute Gasteiger partial charge is 0.262 e. The van der Waals surface area contributed by atoms with Gasteiger partial charge in [0.15, 0.2) is 12.4 Å². The summed E-state index contributed by atoms with van der Waals surface area (Å²) in [5.74, 6) is 0.764. The Labute approximate surface area is 162 Å². The fourth-order valence-corrected chi connectivity index (χ4v) is 2.48. The van der Waals surface area contributed by atoms with E-state index >= 15 is 0 Å². The van der Waals surface area contributed by atoms with E-state index in [9.17, 15) is 9.18 Å². The number of hydrogen-bond acceptors (Lipinski definition) is 5. The molecule has 0 aliphatic rings. The Kier molecular flexibility index (Phi) is 6.16. The summed E-state index contributed by atoms with van der Waals surface area (Å²) in [7, 11) is 0. The van der Waals surface area contributed by atoms with Gasteiger partial charge in [-0.25, -0.2) is 9.37 Å². The van der Waals surface area contributed by atoms with Gasteiger partial charge in [0.05, 0.1) is 6.61 Å². The molecule has 0 aliphatic carbocycles. The van der Waals surface area contributed by atoms with E-state index in [1.807, 2.05) is 6.92 Å². The van der Waals surface area contributed by atoms with Gasteiger partial charge < -0.3 is 14.8 Å². The van der Waals surface area contributed by atoms with E-state index in [-0.39, 0.29) is 24.2 Å². The number of halogens is 1. The first-order valence-corrected chi connectivity index (χ1v) is 8.80. The minimum absolute atomic E-state index is 0.202. The molecule has 0 saturated heterocycles. The molecular weight excluding hydrogens is 361 g/mol. The lowest BCUT2D eigenvalue weighted by Gasteiger charge is -2.09. The fourth-order valence-electron chi connectivity index (χ4n) is 2.48. The molecule has 0 aliphatic heterocycles. The highest BCUT2D eigenvalue weighted by Crippen LogP contribution is 2.20. The van der Waals surface area contributed by atoms with Crippen molar-refractivity contribution >= 4 is 11.6 Å². The normalized spacial score (nSPS) is 10.4. The van der Waals surface area contributed by atoms with E-state index in [0.29, 0.717) is 29.4 Å². The molecule has 7 heteroatoms. The monoisotopic (exact) mass is 381 g/mol. The number of carbonyl (C=O) groups excluding carboxylic acids is 1. The van der Waals surface area contributed by atoms with Crippen molar-refractivity contribution in [2.45, 2.75) is 13.8 Å². The summed E-state index contributed by atoms with van der Waals surface area (Å²) in [6, 6.07) is 14.6. The van der Waals surface area contributed by atoms with Gasteiger partial charge in [0, 0.05) is 23.0 Å². The van der Waals surface area contributed by atoms with E-state index in [1.54, 1.807) is 49.4 Å². The van der Waals surface area contributed by atoms with Crippen LogP contribution in [0.25, 0.3) is 11.4 Å². The summed E-state index contributed by atoms with van der Waals surface area (Å²) in [6.45, 7) is 4.08. The molecule has 2 aromatic carbocycles. The zero-order chi connectivity index (χ0) is 19.9. The van der Waals surface area contributed by atoms with Crippen LogP contribution in [0.2, 0.25) is 0 Å². The average Bonchev–Trinajstić information content (AvgIpc) is 2.68. The third kappa shape index (κ3) is 5.26. The first kappa shape index (κ1) is 19.3. The number of hydrogen-bond donors (Lipinski definition) is 1. The largest absolute Gasteiger partial charge is 0.494 e. The number of aromatic nitrogens is 2. The second-order valence-corrected chi connectivity index (χ2v) is 5.97. The van der Waals surface area contributed by atoms with Gasteiger partial charge in [-0.2, -0.15) is 4.98 Å². The minimum Gasteiger partial charge on any atom is -0.494 e. The van der Waals surface area contributed by atoms with Gasteiger partial charge in [-0.1, -0.05) is 0 Å². The zero-order valence-corrected chi connectivity index (χ0v) is 15.6. The van der Waals surface area contributed by atoms with Gasteiger partial charge >= 0.3 is 0 Å². The number of anilines is 1. The number of rotatable bonds is 7. The van der Waals surface area contributed by atoms with Gasteiger partial charge in [0.1, 0.15) is 11.6 Å². The maximum absolute atomic E-state index is 13.1. The Hall–Kier alpha value is -3.48. The van der Waals surface area contributed by atoms with Gasteiger partial charge in [0.25, 0.3) is 5.91 Å². The van der Waals surface area contributed by atoms with Crippen LogP contribution in [0, 0.1) is 12.7 Å².